The van der Waals surface area contributed by atoms with Crippen molar-refractivity contribution in [1.29, 1.82) is 0 Å². The van der Waals surface area contributed by atoms with Crippen LogP contribution in [0.1, 0.15) is 57.1 Å². The van der Waals surface area contributed by atoms with Crippen LogP contribution in [0.3, 0.4) is 0 Å². The number of hydrogen-bond donors (Lipinski definition) is 3. The SMILES string of the molecule is CC(C)c1cccc(C(C)C)c1NC(=O)NS(=O)(=O)C1CCNC1. The third-order valence-electron chi connectivity index (χ3n) is 4.30. The Morgan fingerprint density at radius 1 is 1.17 bits per heavy atom. The van der Waals surface area contributed by atoms with E-state index in [1.165, 1.54) is 0 Å². The molecule has 0 bridgehead atoms. The number of nitrogens with one attached hydrogen (secondary N) is 3. The predicted molar refractivity (Wildman–Crippen MR) is 97.0 cm³/mol. The van der Waals surface area contributed by atoms with Crippen molar-refractivity contribution >= 4 is 21.7 Å². The van der Waals surface area contributed by atoms with Gasteiger partial charge in [0.15, 0.2) is 0 Å². The van der Waals surface area contributed by atoms with E-state index in [1.807, 2.05) is 45.9 Å². The minimum absolute atomic E-state index is 0.217. The van der Waals surface area contributed by atoms with E-state index in [9.17, 15) is 13.2 Å². The summed E-state index contributed by atoms with van der Waals surface area (Å²) < 4.78 is 26.7. The molecular weight excluding hydrogens is 326 g/mol. The Balaban J connectivity index is 2.22. The van der Waals surface area contributed by atoms with E-state index >= 15 is 0 Å². The number of hydrogen-bond acceptors (Lipinski definition) is 4. The molecule has 1 aromatic carbocycles. The first kappa shape index (κ1) is 18.7. The van der Waals surface area contributed by atoms with Crippen LogP contribution in [0, 0.1) is 0 Å². The maximum Gasteiger partial charge on any atom is 0.332 e. The van der Waals surface area contributed by atoms with E-state index in [0.29, 0.717) is 25.2 Å². The van der Waals surface area contributed by atoms with Crippen LogP contribution >= 0.6 is 0 Å². The van der Waals surface area contributed by atoms with Gasteiger partial charge in [-0.15, -0.1) is 0 Å². The fraction of sp³-hybridized carbons (Fsp3) is 0.588. The number of rotatable bonds is 5. The molecule has 1 fully saturated rings. The summed E-state index contributed by atoms with van der Waals surface area (Å²) in [4.78, 5) is 12.3. The smallest absolute Gasteiger partial charge is 0.315 e. The van der Waals surface area contributed by atoms with E-state index in [0.717, 1.165) is 11.1 Å². The number of urea groups is 1. The second-order valence-electron chi connectivity index (χ2n) is 6.84. The number of amides is 2. The van der Waals surface area contributed by atoms with Gasteiger partial charge in [-0.2, -0.15) is 0 Å². The summed E-state index contributed by atoms with van der Waals surface area (Å²) >= 11 is 0. The van der Waals surface area contributed by atoms with Crippen LogP contribution in [0.15, 0.2) is 18.2 Å². The van der Waals surface area contributed by atoms with Gasteiger partial charge in [-0.25, -0.2) is 17.9 Å². The number of benzene rings is 1. The molecule has 1 atom stereocenters. The lowest BCUT2D eigenvalue weighted by atomic mass is 9.93. The molecule has 0 aliphatic carbocycles. The number of para-hydroxylation sites is 1. The highest BCUT2D eigenvalue weighted by molar-refractivity contribution is 7.90. The maximum absolute atomic E-state index is 12.3. The molecule has 2 amide bonds. The molecule has 1 aromatic rings. The zero-order valence-corrected chi connectivity index (χ0v) is 15.5. The molecule has 1 unspecified atom stereocenters. The number of sulfonamides is 1. The van der Waals surface area contributed by atoms with Crippen molar-refractivity contribution in [2.24, 2.45) is 0 Å². The van der Waals surface area contributed by atoms with Crippen molar-refractivity contribution in [3.63, 3.8) is 0 Å². The summed E-state index contributed by atoms with van der Waals surface area (Å²) in [6, 6.07) is 5.19. The second-order valence-corrected chi connectivity index (χ2v) is 8.80. The van der Waals surface area contributed by atoms with E-state index in [-0.39, 0.29) is 11.8 Å². The van der Waals surface area contributed by atoms with Crippen LogP contribution in [0.4, 0.5) is 10.5 Å². The summed E-state index contributed by atoms with van der Waals surface area (Å²) in [7, 11) is -3.67. The van der Waals surface area contributed by atoms with Crippen molar-refractivity contribution < 1.29 is 13.2 Å². The van der Waals surface area contributed by atoms with Crippen LogP contribution in [-0.2, 0) is 10.0 Å². The van der Waals surface area contributed by atoms with Crippen molar-refractivity contribution in [3.8, 4) is 0 Å². The number of carbonyl (C=O) groups is 1. The van der Waals surface area contributed by atoms with E-state index in [2.05, 4.69) is 15.4 Å². The van der Waals surface area contributed by atoms with Crippen LogP contribution in [-0.4, -0.2) is 32.8 Å². The lowest BCUT2D eigenvalue weighted by molar-refractivity contribution is 0.256. The van der Waals surface area contributed by atoms with Gasteiger partial charge in [0.1, 0.15) is 0 Å². The average molecular weight is 353 g/mol. The molecule has 6 nitrogen and oxygen atoms in total. The molecule has 3 N–H and O–H groups in total. The summed E-state index contributed by atoms with van der Waals surface area (Å²) in [6.45, 7) is 9.21. The van der Waals surface area contributed by atoms with Crippen molar-refractivity contribution in [2.75, 3.05) is 18.4 Å². The zero-order valence-electron chi connectivity index (χ0n) is 14.7. The highest BCUT2D eigenvalue weighted by atomic mass is 32.2. The predicted octanol–water partition coefficient (Wildman–Crippen LogP) is 2.75. The fourth-order valence-electron chi connectivity index (χ4n) is 2.94. The van der Waals surface area contributed by atoms with Crippen LogP contribution < -0.4 is 15.4 Å². The fourth-order valence-corrected chi connectivity index (χ4v) is 4.18. The monoisotopic (exact) mass is 353 g/mol. The molecule has 1 heterocycles. The first-order valence-electron chi connectivity index (χ1n) is 8.38. The highest BCUT2D eigenvalue weighted by Crippen LogP contribution is 2.32. The minimum atomic E-state index is -3.67. The Hall–Kier alpha value is -1.60. The van der Waals surface area contributed by atoms with Crippen LogP contribution in [0.25, 0.3) is 0 Å². The third-order valence-corrected chi connectivity index (χ3v) is 6.05. The van der Waals surface area contributed by atoms with Crippen LogP contribution in [0.2, 0.25) is 0 Å². The first-order valence-corrected chi connectivity index (χ1v) is 9.93. The molecule has 0 radical (unpaired) electrons. The largest absolute Gasteiger partial charge is 0.332 e. The van der Waals surface area contributed by atoms with Gasteiger partial charge in [0, 0.05) is 12.2 Å². The zero-order chi connectivity index (χ0) is 17.9. The molecule has 1 aliphatic rings. The molecule has 24 heavy (non-hydrogen) atoms. The van der Waals surface area contributed by atoms with E-state index in [1.54, 1.807) is 0 Å². The van der Waals surface area contributed by atoms with Gasteiger partial charge < -0.3 is 10.6 Å². The summed E-state index contributed by atoms with van der Waals surface area (Å²) in [6.07, 6.45) is 0.516. The van der Waals surface area contributed by atoms with Gasteiger partial charge in [0.05, 0.1) is 5.25 Å². The molecule has 1 saturated heterocycles. The number of anilines is 1. The molecule has 2 rings (SSSR count). The lowest BCUT2D eigenvalue weighted by Crippen LogP contribution is -2.41. The Morgan fingerprint density at radius 3 is 2.21 bits per heavy atom. The molecule has 0 aromatic heterocycles. The second kappa shape index (κ2) is 7.53. The van der Waals surface area contributed by atoms with Gasteiger partial charge in [-0.3, -0.25) is 0 Å². The molecule has 0 spiro atoms. The van der Waals surface area contributed by atoms with E-state index in [4.69, 9.17) is 0 Å². The van der Waals surface area contributed by atoms with Crippen molar-refractivity contribution in [3.05, 3.63) is 29.3 Å². The molecule has 134 valence electrons. The standard InChI is InChI=1S/C17H27N3O3S/c1-11(2)14-6-5-7-15(12(3)4)16(14)19-17(21)20-24(22,23)13-8-9-18-10-13/h5-7,11-13,18H,8-10H2,1-4H3,(H2,19,20,21). The Morgan fingerprint density at radius 2 is 1.75 bits per heavy atom. The third kappa shape index (κ3) is 4.27. The highest BCUT2D eigenvalue weighted by Gasteiger charge is 2.30. The van der Waals surface area contributed by atoms with Crippen molar-refractivity contribution in [1.82, 2.24) is 10.0 Å². The van der Waals surface area contributed by atoms with Gasteiger partial charge in [0.2, 0.25) is 10.0 Å². The molecule has 7 heteroatoms. The summed E-state index contributed by atoms with van der Waals surface area (Å²) in [5.41, 5.74) is 2.70. The van der Waals surface area contributed by atoms with E-state index < -0.39 is 21.3 Å². The normalized spacial score (nSPS) is 18.2. The lowest BCUT2D eigenvalue weighted by Gasteiger charge is -2.20. The molecule has 0 saturated carbocycles. The topological polar surface area (TPSA) is 87.3 Å². The average Bonchev–Trinajstić information content (AvgIpc) is 3.01. The van der Waals surface area contributed by atoms with Gasteiger partial charge in [-0.05, 0) is 35.9 Å². The summed E-state index contributed by atoms with van der Waals surface area (Å²) in [5, 5.41) is 5.21. The molecule has 1 aliphatic heterocycles. The quantitative estimate of drug-likeness (QED) is 0.759. The number of carbonyl (C=O) groups excluding carboxylic acids is 1. The molecular formula is C17H27N3O3S. The Labute approximate surface area is 144 Å². The summed E-state index contributed by atoms with van der Waals surface area (Å²) in [5.74, 6) is 0.435. The Kier molecular flexibility index (Phi) is 5.87. The van der Waals surface area contributed by atoms with Gasteiger partial charge >= 0.3 is 6.03 Å². The maximum atomic E-state index is 12.3. The van der Waals surface area contributed by atoms with Crippen molar-refractivity contribution in [2.45, 2.75) is 51.2 Å². The first-order chi connectivity index (χ1) is 11.2. The minimum Gasteiger partial charge on any atom is -0.315 e. The Bertz CT molecular complexity index is 667. The van der Waals surface area contributed by atoms with Crippen LogP contribution in [0.5, 0.6) is 0 Å². The van der Waals surface area contributed by atoms with Gasteiger partial charge in [-0.1, -0.05) is 45.9 Å². The van der Waals surface area contributed by atoms with Gasteiger partial charge in [0.25, 0.3) is 0 Å².